The smallest absolute Gasteiger partial charge is 0.193 e. The van der Waals surface area contributed by atoms with Gasteiger partial charge in [-0.3, -0.25) is 9.69 Å². The lowest BCUT2D eigenvalue weighted by molar-refractivity contribution is -0.185. The molecule has 0 amide bonds. The van der Waals surface area contributed by atoms with E-state index in [0.29, 0.717) is 24.3 Å². The maximum Gasteiger partial charge on any atom is 0.193 e. The Balaban J connectivity index is 1.37. The summed E-state index contributed by atoms with van der Waals surface area (Å²) in [6.07, 6.45) is 1.77. The van der Waals surface area contributed by atoms with E-state index in [1.54, 1.807) is 0 Å². The van der Waals surface area contributed by atoms with E-state index in [9.17, 15) is 9.18 Å². The second-order valence-electron chi connectivity index (χ2n) is 7.04. The zero-order valence-corrected chi connectivity index (χ0v) is 15.7. The summed E-state index contributed by atoms with van der Waals surface area (Å²) in [5, 5.41) is -0.0458. The summed E-state index contributed by atoms with van der Waals surface area (Å²) in [6.45, 7) is 4.06. The Hall–Kier alpha value is -1.79. The number of benzene rings is 2. The highest BCUT2D eigenvalue weighted by Gasteiger charge is 2.39. The molecule has 0 atom stereocenters. The molecule has 0 aliphatic carbocycles. The normalized spacial score (nSPS) is 19.5. The highest BCUT2D eigenvalue weighted by atomic mass is 35.5. The van der Waals surface area contributed by atoms with Crippen molar-refractivity contribution in [1.82, 2.24) is 4.90 Å². The Labute approximate surface area is 162 Å². The van der Waals surface area contributed by atoms with Crippen LogP contribution in [-0.4, -0.2) is 42.8 Å². The first-order valence-electron chi connectivity index (χ1n) is 9.14. The quantitative estimate of drug-likeness (QED) is 0.739. The van der Waals surface area contributed by atoms with Gasteiger partial charge in [0.2, 0.25) is 0 Å². The Bertz CT molecular complexity index is 824. The van der Waals surface area contributed by atoms with Gasteiger partial charge in [0.25, 0.3) is 0 Å². The van der Waals surface area contributed by atoms with Gasteiger partial charge in [-0.15, -0.1) is 0 Å². The van der Waals surface area contributed by atoms with Crippen LogP contribution in [0, 0.1) is 5.82 Å². The van der Waals surface area contributed by atoms with E-state index >= 15 is 0 Å². The summed E-state index contributed by atoms with van der Waals surface area (Å²) in [5.41, 5.74) is 2.09. The van der Waals surface area contributed by atoms with Crippen molar-refractivity contribution in [2.75, 3.05) is 26.3 Å². The van der Waals surface area contributed by atoms with Crippen LogP contribution < -0.4 is 0 Å². The standard InChI is InChI=1S/C21H21ClFNO3/c22-18-13-17(5-6-19(18)23)20(25)16-3-1-15(2-4-16)14-24-9-7-21(8-10-24)26-11-12-27-21/h1-6,13H,7-12,14H2. The Kier molecular flexibility index (Phi) is 5.28. The lowest BCUT2D eigenvalue weighted by atomic mass is 10.0. The molecule has 0 N–H and O–H groups in total. The van der Waals surface area contributed by atoms with Crippen LogP contribution in [0.5, 0.6) is 0 Å². The van der Waals surface area contributed by atoms with Crippen molar-refractivity contribution in [3.05, 3.63) is 70.0 Å². The van der Waals surface area contributed by atoms with Gasteiger partial charge in [0.05, 0.1) is 18.2 Å². The average molecular weight is 390 g/mol. The highest BCUT2D eigenvalue weighted by Crippen LogP contribution is 2.31. The van der Waals surface area contributed by atoms with Gasteiger partial charge in [-0.1, -0.05) is 35.9 Å². The van der Waals surface area contributed by atoms with E-state index in [4.69, 9.17) is 21.1 Å². The number of rotatable bonds is 4. The molecule has 4 rings (SSSR count). The predicted octanol–water partition coefficient (Wildman–Crippen LogP) is 4.05. The zero-order chi connectivity index (χ0) is 18.9. The minimum Gasteiger partial charge on any atom is -0.347 e. The number of piperidine rings is 1. The first-order valence-corrected chi connectivity index (χ1v) is 9.51. The number of halogens is 2. The average Bonchev–Trinajstić information content (AvgIpc) is 3.14. The second-order valence-corrected chi connectivity index (χ2v) is 7.45. The van der Waals surface area contributed by atoms with Crippen molar-refractivity contribution in [3.8, 4) is 0 Å². The van der Waals surface area contributed by atoms with Gasteiger partial charge in [0.15, 0.2) is 11.6 Å². The summed E-state index contributed by atoms with van der Waals surface area (Å²) < 4.78 is 24.8. The monoisotopic (exact) mass is 389 g/mol. The number of ether oxygens (including phenoxy) is 2. The number of nitrogens with zero attached hydrogens (tertiary/aromatic N) is 1. The minimum absolute atomic E-state index is 0.0458. The number of likely N-dealkylation sites (tertiary alicyclic amines) is 1. The number of carbonyl (C=O) groups is 1. The summed E-state index contributed by atoms with van der Waals surface area (Å²) in [7, 11) is 0. The van der Waals surface area contributed by atoms with Crippen LogP contribution in [0.15, 0.2) is 42.5 Å². The van der Waals surface area contributed by atoms with Crippen LogP contribution in [0.25, 0.3) is 0 Å². The van der Waals surface area contributed by atoms with Gasteiger partial charge in [-0.2, -0.15) is 0 Å². The van der Waals surface area contributed by atoms with Gasteiger partial charge >= 0.3 is 0 Å². The number of carbonyl (C=O) groups excluding carboxylic acids is 1. The molecule has 1 spiro atoms. The van der Waals surface area contributed by atoms with Crippen LogP contribution in [-0.2, 0) is 16.0 Å². The molecule has 2 fully saturated rings. The molecule has 0 radical (unpaired) electrons. The van der Waals surface area contributed by atoms with Crippen molar-refractivity contribution in [3.63, 3.8) is 0 Å². The van der Waals surface area contributed by atoms with E-state index in [-0.39, 0.29) is 16.6 Å². The van der Waals surface area contributed by atoms with Crippen molar-refractivity contribution in [1.29, 1.82) is 0 Å². The fourth-order valence-electron chi connectivity index (χ4n) is 3.66. The van der Waals surface area contributed by atoms with Crippen molar-refractivity contribution in [2.24, 2.45) is 0 Å². The summed E-state index contributed by atoms with van der Waals surface area (Å²) in [6, 6.07) is 11.6. The first-order chi connectivity index (χ1) is 13.0. The Morgan fingerprint density at radius 2 is 1.67 bits per heavy atom. The second kappa shape index (κ2) is 7.68. The zero-order valence-electron chi connectivity index (χ0n) is 14.9. The molecule has 27 heavy (non-hydrogen) atoms. The van der Waals surface area contributed by atoms with Gasteiger partial charge < -0.3 is 9.47 Å². The van der Waals surface area contributed by atoms with Crippen LogP contribution in [0.1, 0.15) is 34.3 Å². The minimum atomic E-state index is -0.528. The third kappa shape index (κ3) is 4.06. The molecular formula is C21H21ClFNO3. The molecule has 6 heteroatoms. The van der Waals surface area contributed by atoms with E-state index < -0.39 is 5.82 Å². The molecule has 0 aromatic heterocycles. The maximum atomic E-state index is 13.3. The van der Waals surface area contributed by atoms with Gasteiger partial charge in [0.1, 0.15) is 5.82 Å². The van der Waals surface area contributed by atoms with Crippen molar-refractivity contribution in [2.45, 2.75) is 25.2 Å². The summed E-state index contributed by atoms with van der Waals surface area (Å²) in [4.78, 5) is 14.9. The fourth-order valence-corrected chi connectivity index (χ4v) is 3.84. The van der Waals surface area contributed by atoms with Crippen LogP contribution >= 0.6 is 11.6 Å². The first kappa shape index (κ1) is 18.6. The molecule has 0 saturated carbocycles. The van der Waals surface area contributed by atoms with Gasteiger partial charge in [-0.05, 0) is 23.8 Å². The molecule has 2 aromatic carbocycles. The van der Waals surface area contributed by atoms with E-state index in [2.05, 4.69) is 4.90 Å². The van der Waals surface area contributed by atoms with Gasteiger partial charge in [0, 0.05) is 43.6 Å². The van der Waals surface area contributed by atoms with Crippen molar-refractivity contribution < 1.29 is 18.7 Å². The molecular weight excluding hydrogens is 369 g/mol. The molecule has 0 unspecified atom stereocenters. The van der Waals surface area contributed by atoms with Crippen LogP contribution in [0.2, 0.25) is 5.02 Å². The van der Waals surface area contributed by atoms with Crippen molar-refractivity contribution >= 4 is 17.4 Å². The SMILES string of the molecule is O=C(c1ccc(CN2CCC3(CC2)OCCO3)cc1)c1ccc(F)c(Cl)c1. The molecule has 2 heterocycles. The Morgan fingerprint density at radius 1 is 1.04 bits per heavy atom. The number of ketones is 1. The molecule has 0 bridgehead atoms. The lowest BCUT2D eigenvalue weighted by Crippen LogP contribution is -2.44. The van der Waals surface area contributed by atoms with Gasteiger partial charge in [-0.25, -0.2) is 4.39 Å². The molecule has 142 valence electrons. The number of hydrogen-bond acceptors (Lipinski definition) is 4. The summed E-state index contributed by atoms with van der Waals surface area (Å²) >= 11 is 5.77. The number of hydrogen-bond donors (Lipinski definition) is 0. The topological polar surface area (TPSA) is 38.8 Å². The Morgan fingerprint density at radius 3 is 2.30 bits per heavy atom. The van der Waals surface area contributed by atoms with Crippen LogP contribution in [0.4, 0.5) is 4.39 Å². The molecule has 2 aliphatic rings. The third-order valence-electron chi connectivity index (χ3n) is 5.24. The maximum absolute atomic E-state index is 13.3. The molecule has 2 aliphatic heterocycles. The highest BCUT2D eigenvalue weighted by molar-refractivity contribution is 6.31. The largest absolute Gasteiger partial charge is 0.347 e. The predicted molar refractivity (Wildman–Crippen MR) is 100 cm³/mol. The van der Waals surface area contributed by atoms with Crippen LogP contribution in [0.3, 0.4) is 0 Å². The third-order valence-corrected chi connectivity index (χ3v) is 5.53. The fraction of sp³-hybridized carbons (Fsp3) is 0.381. The lowest BCUT2D eigenvalue weighted by Gasteiger charge is -2.37. The van der Waals surface area contributed by atoms with E-state index in [0.717, 1.165) is 38.0 Å². The van der Waals surface area contributed by atoms with E-state index in [1.807, 2.05) is 24.3 Å². The summed E-state index contributed by atoms with van der Waals surface area (Å²) in [5.74, 6) is -1.05. The molecule has 4 nitrogen and oxygen atoms in total. The molecule has 2 saturated heterocycles. The molecule has 2 aromatic rings. The van der Waals surface area contributed by atoms with E-state index in [1.165, 1.54) is 18.2 Å².